The number of hydrogen-bond donors (Lipinski definition) is 2. The number of rotatable bonds is 4. The summed E-state index contributed by atoms with van der Waals surface area (Å²) >= 11 is 0. The Morgan fingerprint density at radius 1 is 1.35 bits per heavy atom. The van der Waals surface area contributed by atoms with Crippen LogP contribution in [-0.2, 0) is 10.0 Å². The topological polar surface area (TPSA) is 95.4 Å². The van der Waals surface area contributed by atoms with E-state index in [4.69, 9.17) is 15.6 Å². The van der Waals surface area contributed by atoms with Crippen molar-refractivity contribution in [1.82, 2.24) is 0 Å². The smallest absolute Gasteiger partial charge is 0.238 e. The van der Waals surface area contributed by atoms with Gasteiger partial charge in [-0.3, -0.25) is 0 Å². The van der Waals surface area contributed by atoms with E-state index in [2.05, 4.69) is 0 Å². The van der Waals surface area contributed by atoms with Crippen LogP contribution in [0.1, 0.15) is 19.4 Å². The number of sulfonamides is 1. The zero-order valence-electron chi connectivity index (χ0n) is 10.2. The third kappa shape index (κ3) is 3.61. The van der Waals surface area contributed by atoms with E-state index in [9.17, 15) is 8.42 Å². The van der Waals surface area contributed by atoms with Gasteiger partial charge in [-0.2, -0.15) is 0 Å². The van der Waals surface area contributed by atoms with Crippen molar-refractivity contribution >= 4 is 15.7 Å². The van der Waals surface area contributed by atoms with Gasteiger partial charge in [-0.05, 0) is 18.9 Å². The van der Waals surface area contributed by atoms with E-state index in [1.165, 1.54) is 6.07 Å². The molecule has 0 aliphatic rings. The molecule has 5 nitrogen and oxygen atoms in total. The van der Waals surface area contributed by atoms with Crippen LogP contribution in [0.2, 0.25) is 0 Å². The van der Waals surface area contributed by atoms with Crippen LogP contribution in [-0.4, -0.2) is 15.0 Å². The second-order valence-electron chi connectivity index (χ2n) is 4.39. The van der Waals surface area contributed by atoms with Gasteiger partial charge in [-0.1, -0.05) is 13.8 Å². The molecule has 0 aliphatic heterocycles. The molecule has 0 atom stereocenters. The first-order valence-electron chi connectivity index (χ1n) is 5.27. The third-order valence-corrected chi connectivity index (χ3v) is 3.25. The summed E-state index contributed by atoms with van der Waals surface area (Å²) in [6.45, 7) is 6.15. The van der Waals surface area contributed by atoms with E-state index in [-0.39, 0.29) is 4.90 Å². The maximum atomic E-state index is 11.4. The molecule has 0 amide bonds. The van der Waals surface area contributed by atoms with Gasteiger partial charge in [0.25, 0.3) is 0 Å². The minimum Gasteiger partial charge on any atom is -0.493 e. The van der Waals surface area contributed by atoms with Crippen molar-refractivity contribution < 1.29 is 13.2 Å². The van der Waals surface area contributed by atoms with Crippen molar-refractivity contribution in [2.75, 3.05) is 12.3 Å². The number of nitrogen functional groups attached to an aromatic ring is 1. The second kappa shape index (κ2) is 4.93. The highest BCUT2D eigenvalue weighted by Gasteiger charge is 2.16. The first-order valence-corrected chi connectivity index (χ1v) is 6.82. The van der Waals surface area contributed by atoms with Gasteiger partial charge in [0.2, 0.25) is 10.0 Å². The zero-order valence-corrected chi connectivity index (χ0v) is 11.0. The van der Waals surface area contributed by atoms with Crippen LogP contribution in [0.15, 0.2) is 17.0 Å². The van der Waals surface area contributed by atoms with Crippen LogP contribution in [0, 0.1) is 12.8 Å². The summed E-state index contributed by atoms with van der Waals surface area (Å²) in [6, 6.07) is 2.94. The zero-order chi connectivity index (χ0) is 13.2. The van der Waals surface area contributed by atoms with Gasteiger partial charge >= 0.3 is 0 Å². The third-order valence-electron chi connectivity index (χ3n) is 2.21. The largest absolute Gasteiger partial charge is 0.493 e. The highest BCUT2D eigenvalue weighted by molar-refractivity contribution is 7.89. The summed E-state index contributed by atoms with van der Waals surface area (Å²) in [7, 11) is -3.78. The van der Waals surface area contributed by atoms with Crippen molar-refractivity contribution in [3.8, 4) is 5.75 Å². The summed E-state index contributed by atoms with van der Waals surface area (Å²) in [5, 5.41) is 5.11. The molecule has 0 aliphatic carbocycles. The van der Waals surface area contributed by atoms with Crippen LogP contribution >= 0.6 is 0 Å². The lowest BCUT2D eigenvalue weighted by Crippen LogP contribution is -2.15. The predicted molar refractivity (Wildman–Crippen MR) is 67.3 cm³/mol. The molecule has 0 radical (unpaired) electrons. The fourth-order valence-electron chi connectivity index (χ4n) is 1.38. The van der Waals surface area contributed by atoms with Gasteiger partial charge in [0.15, 0.2) is 0 Å². The molecule has 0 bridgehead atoms. The first kappa shape index (κ1) is 13.8. The van der Waals surface area contributed by atoms with Crippen molar-refractivity contribution in [3.63, 3.8) is 0 Å². The quantitative estimate of drug-likeness (QED) is 0.795. The summed E-state index contributed by atoms with van der Waals surface area (Å²) < 4.78 is 28.2. The average molecular weight is 258 g/mol. The van der Waals surface area contributed by atoms with Crippen LogP contribution in [0.3, 0.4) is 0 Å². The van der Waals surface area contributed by atoms with Crippen LogP contribution in [0.4, 0.5) is 5.69 Å². The van der Waals surface area contributed by atoms with E-state index in [0.717, 1.165) is 0 Å². The van der Waals surface area contributed by atoms with Crippen LogP contribution < -0.4 is 15.6 Å². The molecule has 96 valence electrons. The Balaban J connectivity index is 3.20. The Morgan fingerprint density at radius 2 is 1.94 bits per heavy atom. The van der Waals surface area contributed by atoms with Crippen LogP contribution in [0.25, 0.3) is 0 Å². The Labute approximate surface area is 102 Å². The number of nitrogens with two attached hydrogens (primary N) is 2. The molecule has 0 heterocycles. The van der Waals surface area contributed by atoms with Crippen molar-refractivity contribution in [2.45, 2.75) is 25.7 Å². The number of primary sulfonamides is 1. The highest BCUT2D eigenvalue weighted by atomic mass is 32.2. The van der Waals surface area contributed by atoms with Crippen molar-refractivity contribution in [1.29, 1.82) is 0 Å². The van der Waals surface area contributed by atoms with Gasteiger partial charge in [0.05, 0.1) is 11.5 Å². The fraction of sp³-hybridized carbons (Fsp3) is 0.455. The van der Waals surface area contributed by atoms with Crippen molar-refractivity contribution in [3.05, 3.63) is 17.7 Å². The molecule has 0 saturated heterocycles. The lowest BCUT2D eigenvalue weighted by molar-refractivity contribution is 0.269. The van der Waals surface area contributed by atoms with Gasteiger partial charge < -0.3 is 10.5 Å². The molecule has 1 rings (SSSR count). The fourth-order valence-corrected chi connectivity index (χ4v) is 2.21. The minimum atomic E-state index is -3.78. The summed E-state index contributed by atoms with van der Waals surface area (Å²) in [4.78, 5) is 0.0104. The Bertz CT molecular complexity index is 510. The van der Waals surface area contributed by atoms with Gasteiger partial charge in [-0.15, -0.1) is 0 Å². The van der Waals surface area contributed by atoms with E-state index in [0.29, 0.717) is 29.5 Å². The predicted octanol–water partition coefficient (Wildman–Crippen LogP) is 1.26. The first-order chi connectivity index (χ1) is 7.71. The van der Waals surface area contributed by atoms with Gasteiger partial charge in [0, 0.05) is 17.3 Å². The number of benzene rings is 1. The summed E-state index contributed by atoms with van der Waals surface area (Å²) in [5.74, 6) is 0.802. The summed E-state index contributed by atoms with van der Waals surface area (Å²) in [6.07, 6.45) is 0. The van der Waals surface area contributed by atoms with E-state index >= 15 is 0 Å². The van der Waals surface area contributed by atoms with Crippen LogP contribution in [0.5, 0.6) is 5.75 Å². The van der Waals surface area contributed by atoms with E-state index < -0.39 is 10.0 Å². The highest BCUT2D eigenvalue weighted by Crippen LogP contribution is 2.28. The average Bonchev–Trinajstić information content (AvgIpc) is 2.17. The molecule has 0 unspecified atom stereocenters. The monoisotopic (exact) mass is 258 g/mol. The molecule has 1 aromatic rings. The number of ether oxygens (including phenoxy) is 1. The summed E-state index contributed by atoms with van der Waals surface area (Å²) in [5.41, 5.74) is 6.44. The molecule has 1 aromatic carbocycles. The Morgan fingerprint density at radius 3 is 2.41 bits per heavy atom. The van der Waals surface area contributed by atoms with E-state index in [1.807, 2.05) is 13.8 Å². The Kier molecular flexibility index (Phi) is 4.00. The number of hydrogen-bond acceptors (Lipinski definition) is 4. The molecular formula is C11H18N2O3S. The molecule has 4 N–H and O–H groups in total. The molecule has 0 fully saturated rings. The Hall–Kier alpha value is -1.27. The molecular weight excluding hydrogens is 240 g/mol. The normalized spacial score (nSPS) is 11.8. The maximum absolute atomic E-state index is 11.4. The molecule has 0 spiro atoms. The molecule has 17 heavy (non-hydrogen) atoms. The minimum absolute atomic E-state index is 0.0104. The number of anilines is 1. The molecule has 0 aromatic heterocycles. The van der Waals surface area contributed by atoms with Crippen molar-refractivity contribution in [2.24, 2.45) is 11.1 Å². The molecule has 0 saturated carbocycles. The van der Waals surface area contributed by atoms with E-state index in [1.54, 1.807) is 13.0 Å². The van der Waals surface area contributed by atoms with Gasteiger partial charge in [-0.25, -0.2) is 13.6 Å². The standard InChI is InChI=1S/C11H18N2O3S/c1-7(2)6-16-10-4-9(12)5-11(8(10)3)17(13,14)15/h4-5,7H,6,12H2,1-3H3,(H2,13,14,15). The van der Waals surface area contributed by atoms with Gasteiger partial charge in [0.1, 0.15) is 5.75 Å². The lowest BCUT2D eigenvalue weighted by Gasteiger charge is -2.14. The second-order valence-corrected chi connectivity index (χ2v) is 5.92. The molecule has 6 heteroatoms. The SMILES string of the molecule is Cc1c(OCC(C)C)cc(N)cc1S(N)(=O)=O. The maximum Gasteiger partial charge on any atom is 0.238 e. The lowest BCUT2D eigenvalue weighted by atomic mass is 10.2.